The van der Waals surface area contributed by atoms with Crippen molar-refractivity contribution < 1.29 is 9.47 Å². The van der Waals surface area contributed by atoms with Gasteiger partial charge in [-0.1, -0.05) is 13.3 Å². The van der Waals surface area contributed by atoms with Crippen LogP contribution in [0.5, 0.6) is 0 Å². The fourth-order valence-corrected chi connectivity index (χ4v) is 1.02. The van der Waals surface area contributed by atoms with Gasteiger partial charge in [-0.3, -0.25) is 0 Å². The van der Waals surface area contributed by atoms with Crippen molar-refractivity contribution in [1.29, 1.82) is 0 Å². The molecular weight excluding hydrogens is 164 g/mol. The second-order valence-electron chi connectivity index (χ2n) is 3.56. The molecule has 1 atom stereocenters. The lowest BCUT2D eigenvalue weighted by atomic mass is 10.3. The third kappa shape index (κ3) is 9.84. The molecule has 79 valence electrons. The van der Waals surface area contributed by atoms with E-state index < -0.39 is 0 Å². The van der Waals surface area contributed by atoms with Gasteiger partial charge in [0.2, 0.25) is 0 Å². The molecule has 0 bridgehead atoms. The number of hydrogen-bond acceptors (Lipinski definition) is 2. The van der Waals surface area contributed by atoms with Crippen LogP contribution in [0.2, 0.25) is 0 Å². The Balaban J connectivity index is 3.12. The zero-order valence-electron chi connectivity index (χ0n) is 9.21. The number of rotatable bonds is 8. The Hall–Kier alpha value is -0.0800. The second kappa shape index (κ2) is 8.52. The van der Waals surface area contributed by atoms with Crippen molar-refractivity contribution >= 4 is 0 Å². The highest BCUT2D eigenvalue weighted by Gasteiger charge is 2.03. The molecule has 0 spiro atoms. The Kier molecular flexibility index (Phi) is 8.46. The summed E-state index contributed by atoms with van der Waals surface area (Å²) in [5, 5.41) is 0. The maximum Gasteiger partial charge on any atom is 0.0601 e. The first-order valence-corrected chi connectivity index (χ1v) is 5.23. The number of hydrogen-bond donors (Lipinski definition) is 0. The van der Waals surface area contributed by atoms with Crippen molar-refractivity contribution in [2.45, 2.75) is 52.2 Å². The molecule has 0 aromatic carbocycles. The van der Waals surface area contributed by atoms with E-state index in [0.29, 0.717) is 0 Å². The molecule has 0 saturated carbocycles. The van der Waals surface area contributed by atoms with Crippen LogP contribution in [0.15, 0.2) is 0 Å². The fraction of sp³-hybridized carbons (Fsp3) is 0.909. The van der Waals surface area contributed by atoms with Gasteiger partial charge in [0.25, 0.3) is 0 Å². The largest absolute Gasteiger partial charge is 0.381 e. The molecule has 0 rings (SSSR count). The fourth-order valence-electron chi connectivity index (χ4n) is 1.02. The summed E-state index contributed by atoms with van der Waals surface area (Å²) in [6, 6.07) is 0. The van der Waals surface area contributed by atoms with Crippen molar-refractivity contribution in [2.75, 3.05) is 13.2 Å². The van der Waals surface area contributed by atoms with Crippen LogP contribution in [0.3, 0.4) is 0 Å². The van der Waals surface area contributed by atoms with E-state index in [1.54, 1.807) is 0 Å². The van der Waals surface area contributed by atoms with Gasteiger partial charge < -0.3 is 9.47 Å². The zero-order valence-corrected chi connectivity index (χ0v) is 9.21. The monoisotopic (exact) mass is 187 g/mol. The standard InChI is InChI=1S/C11H23O2/c1-5-6-8-12-9-7-11(4)13-10(2)3/h10-11H,4-9H2,1-3H3. The van der Waals surface area contributed by atoms with Crippen LogP contribution in [-0.2, 0) is 9.47 Å². The molecule has 0 amide bonds. The smallest absolute Gasteiger partial charge is 0.0601 e. The van der Waals surface area contributed by atoms with Crippen molar-refractivity contribution in [3.05, 3.63) is 6.92 Å². The third-order valence-corrected chi connectivity index (χ3v) is 1.69. The SMILES string of the molecule is [CH2]C(CCOCCCC)OC(C)C. The summed E-state index contributed by atoms with van der Waals surface area (Å²) in [5.74, 6) is 0. The molecule has 0 aliphatic rings. The van der Waals surface area contributed by atoms with Gasteiger partial charge in [-0.15, -0.1) is 0 Å². The molecule has 0 aromatic heterocycles. The summed E-state index contributed by atoms with van der Waals surface area (Å²) in [6.07, 6.45) is 3.56. The first kappa shape index (κ1) is 12.9. The van der Waals surface area contributed by atoms with Crippen molar-refractivity contribution in [3.8, 4) is 0 Å². The Morgan fingerprint density at radius 2 is 1.92 bits per heavy atom. The van der Waals surface area contributed by atoms with Crippen LogP contribution in [0, 0.1) is 6.92 Å². The molecule has 0 N–H and O–H groups in total. The highest BCUT2D eigenvalue weighted by molar-refractivity contribution is 4.60. The van der Waals surface area contributed by atoms with E-state index in [9.17, 15) is 0 Å². The molecule has 2 heteroatoms. The minimum atomic E-state index is 0.0710. The molecule has 13 heavy (non-hydrogen) atoms. The van der Waals surface area contributed by atoms with E-state index in [0.717, 1.165) is 26.1 Å². The lowest BCUT2D eigenvalue weighted by molar-refractivity contribution is 0.00997. The number of ether oxygens (including phenoxy) is 2. The zero-order chi connectivity index (χ0) is 10.1. The van der Waals surface area contributed by atoms with E-state index in [1.165, 1.54) is 6.42 Å². The Morgan fingerprint density at radius 3 is 2.46 bits per heavy atom. The molecule has 0 aliphatic carbocycles. The van der Waals surface area contributed by atoms with Gasteiger partial charge in [0.15, 0.2) is 0 Å². The first-order valence-electron chi connectivity index (χ1n) is 5.23. The maximum atomic E-state index is 5.47. The molecule has 0 aromatic rings. The van der Waals surface area contributed by atoms with Crippen LogP contribution in [0.25, 0.3) is 0 Å². The third-order valence-electron chi connectivity index (χ3n) is 1.69. The van der Waals surface area contributed by atoms with E-state index in [4.69, 9.17) is 9.47 Å². The maximum absolute atomic E-state index is 5.47. The molecule has 2 nitrogen and oxygen atoms in total. The molecular formula is C11H23O2. The molecule has 0 aliphatic heterocycles. The van der Waals surface area contributed by atoms with Gasteiger partial charge in [0.1, 0.15) is 0 Å². The summed E-state index contributed by atoms with van der Waals surface area (Å²) in [6.45, 7) is 11.7. The van der Waals surface area contributed by atoms with Crippen molar-refractivity contribution in [1.82, 2.24) is 0 Å². The average molecular weight is 187 g/mol. The van der Waals surface area contributed by atoms with E-state index in [2.05, 4.69) is 13.8 Å². The molecule has 0 saturated heterocycles. The quantitative estimate of drug-likeness (QED) is 0.544. The van der Waals surface area contributed by atoms with Crippen LogP contribution in [0.4, 0.5) is 0 Å². The Labute approximate surface area is 82.6 Å². The average Bonchev–Trinajstić information content (AvgIpc) is 2.02. The predicted molar refractivity (Wildman–Crippen MR) is 55.7 cm³/mol. The molecule has 0 heterocycles. The van der Waals surface area contributed by atoms with Gasteiger partial charge in [0, 0.05) is 13.2 Å². The highest BCUT2D eigenvalue weighted by Crippen LogP contribution is 2.01. The highest BCUT2D eigenvalue weighted by atomic mass is 16.5. The van der Waals surface area contributed by atoms with Gasteiger partial charge >= 0.3 is 0 Å². The lowest BCUT2D eigenvalue weighted by Gasteiger charge is -2.15. The lowest BCUT2D eigenvalue weighted by Crippen LogP contribution is -2.16. The van der Waals surface area contributed by atoms with E-state index >= 15 is 0 Å². The summed E-state index contributed by atoms with van der Waals surface area (Å²) in [4.78, 5) is 0. The van der Waals surface area contributed by atoms with E-state index in [-0.39, 0.29) is 12.2 Å². The second-order valence-corrected chi connectivity index (χ2v) is 3.56. The van der Waals surface area contributed by atoms with Crippen LogP contribution in [0.1, 0.15) is 40.0 Å². The van der Waals surface area contributed by atoms with Gasteiger partial charge in [-0.05, 0) is 33.6 Å². The van der Waals surface area contributed by atoms with Crippen LogP contribution >= 0.6 is 0 Å². The Morgan fingerprint density at radius 1 is 1.23 bits per heavy atom. The Bertz CT molecular complexity index is 102. The minimum Gasteiger partial charge on any atom is -0.381 e. The summed E-state index contributed by atoms with van der Waals surface area (Å²) in [5.41, 5.74) is 0. The topological polar surface area (TPSA) is 18.5 Å². The van der Waals surface area contributed by atoms with Gasteiger partial charge in [-0.2, -0.15) is 0 Å². The van der Waals surface area contributed by atoms with Crippen molar-refractivity contribution in [2.24, 2.45) is 0 Å². The van der Waals surface area contributed by atoms with Gasteiger partial charge in [-0.25, -0.2) is 0 Å². The number of unbranched alkanes of at least 4 members (excludes halogenated alkanes) is 1. The summed E-state index contributed by atoms with van der Waals surface area (Å²) >= 11 is 0. The molecule has 0 fully saturated rings. The first-order chi connectivity index (χ1) is 6.16. The normalized spacial score (nSPS) is 13.6. The minimum absolute atomic E-state index is 0.0710. The predicted octanol–water partition coefficient (Wildman–Crippen LogP) is 2.82. The molecule has 1 radical (unpaired) electrons. The van der Waals surface area contributed by atoms with Crippen LogP contribution < -0.4 is 0 Å². The van der Waals surface area contributed by atoms with E-state index in [1.807, 2.05) is 13.8 Å². The molecule has 1 unspecified atom stereocenters. The van der Waals surface area contributed by atoms with Gasteiger partial charge in [0.05, 0.1) is 12.2 Å². The van der Waals surface area contributed by atoms with Crippen molar-refractivity contribution in [3.63, 3.8) is 0 Å². The summed E-state index contributed by atoms with van der Waals surface area (Å²) in [7, 11) is 0. The summed E-state index contributed by atoms with van der Waals surface area (Å²) < 4.78 is 10.9. The van der Waals surface area contributed by atoms with Crippen LogP contribution in [-0.4, -0.2) is 25.4 Å².